The summed E-state index contributed by atoms with van der Waals surface area (Å²) in [5.41, 5.74) is 5.90. The van der Waals surface area contributed by atoms with Crippen molar-refractivity contribution in [2.75, 3.05) is 0 Å². The number of aryl methyl sites for hydroxylation is 1. The van der Waals surface area contributed by atoms with Crippen molar-refractivity contribution in [3.63, 3.8) is 0 Å². The van der Waals surface area contributed by atoms with E-state index in [1.807, 2.05) is 23.6 Å². The number of carbonyl (C=O) groups is 1. The zero-order chi connectivity index (χ0) is 17.6. The maximum absolute atomic E-state index is 13.2. The van der Waals surface area contributed by atoms with E-state index in [0.29, 0.717) is 5.69 Å². The molecular weight excluding hydrogens is 314 g/mol. The lowest BCUT2D eigenvalue weighted by Crippen LogP contribution is -2.30. The minimum atomic E-state index is -0.941. The Balaban J connectivity index is 1.79. The molecule has 0 saturated heterocycles. The third kappa shape index (κ3) is 2.42. The molecule has 5 heteroatoms. The Kier molecular flexibility index (Phi) is 3.96. The number of aliphatic hydroxyl groups is 1. The molecule has 4 rings (SSSR count). The molecule has 1 aliphatic carbocycles. The zero-order valence-corrected chi connectivity index (χ0v) is 14.6. The summed E-state index contributed by atoms with van der Waals surface area (Å²) in [6, 6.07) is 0. The van der Waals surface area contributed by atoms with Gasteiger partial charge in [-0.1, -0.05) is 25.5 Å². The van der Waals surface area contributed by atoms with Crippen LogP contribution in [0.5, 0.6) is 0 Å². The largest absolute Gasteiger partial charge is 0.386 e. The van der Waals surface area contributed by atoms with Gasteiger partial charge in [-0.15, -0.1) is 0 Å². The quantitative estimate of drug-likeness (QED) is 0.898. The van der Waals surface area contributed by atoms with Crippen molar-refractivity contribution in [3.05, 3.63) is 52.4 Å². The Bertz CT molecular complexity index is 885. The molecule has 0 saturated carbocycles. The summed E-state index contributed by atoms with van der Waals surface area (Å²) in [5.74, 6) is -0.687. The highest BCUT2D eigenvalue weighted by molar-refractivity contribution is 5.93. The summed E-state index contributed by atoms with van der Waals surface area (Å²) in [6.45, 7) is 4.02. The Labute approximate surface area is 147 Å². The number of hydrogen-bond acceptors (Lipinski definition) is 3. The fraction of sp³-hybridized carbons (Fsp3) is 0.400. The fourth-order valence-electron chi connectivity index (χ4n) is 4.03. The first-order valence-electron chi connectivity index (χ1n) is 8.96. The summed E-state index contributed by atoms with van der Waals surface area (Å²) in [7, 11) is 0. The molecule has 1 aliphatic heterocycles. The third-order valence-corrected chi connectivity index (χ3v) is 5.26. The molecule has 130 valence electrons. The van der Waals surface area contributed by atoms with E-state index in [9.17, 15) is 9.90 Å². The Morgan fingerprint density at radius 3 is 2.96 bits per heavy atom. The van der Waals surface area contributed by atoms with E-state index < -0.39 is 12.0 Å². The SMILES string of the molecule is CCCc1c2c(n3c1C=CC(C(O)c1nc[nH]c1C)C3=O)C=CCC2. The number of aromatic amines is 1. The van der Waals surface area contributed by atoms with Crippen LogP contribution in [-0.4, -0.2) is 25.5 Å². The van der Waals surface area contributed by atoms with E-state index in [2.05, 4.69) is 29.0 Å². The highest BCUT2D eigenvalue weighted by Crippen LogP contribution is 2.37. The van der Waals surface area contributed by atoms with E-state index >= 15 is 0 Å². The van der Waals surface area contributed by atoms with Crippen LogP contribution >= 0.6 is 0 Å². The average Bonchev–Trinajstić information content (AvgIpc) is 3.18. The first-order valence-corrected chi connectivity index (χ1v) is 8.96. The van der Waals surface area contributed by atoms with Gasteiger partial charge in [0, 0.05) is 5.69 Å². The summed E-state index contributed by atoms with van der Waals surface area (Å²) in [6.07, 6.45) is 12.7. The predicted octanol–water partition coefficient (Wildman–Crippen LogP) is 3.45. The topological polar surface area (TPSA) is 70.9 Å². The van der Waals surface area contributed by atoms with Gasteiger partial charge in [0.25, 0.3) is 0 Å². The minimum absolute atomic E-state index is 0.0717. The molecule has 0 amide bonds. The van der Waals surface area contributed by atoms with Gasteiger partial charge in [0.2, 0.25) is 5.91 Å². The Hall–Kier alpha value is -2.40. The van der Waals surface area contributed by atoms with E-state index in [1.165, 1.54) is 11.1 Å². The highest BCUT2D eigenvalue weighted by Gasteiger charge is 2.35. The number of allylic oxidation sites excluding steroid dienone is 1. The summed E-state index contributed by atoms with van der Waals surface area (Å²) < 4.78 is 1.81. The van der Waals surface area contributed by atoms with Gasteiger partial charge in [-0.3, -0.25) is 9.36 Å². The van der Waals surface area contributed by atoms with Crippen molar-refractivity contribution in [2.45, 2.75) is 45.6 Å². The maximum atomic E-state index is 13.2. The molecule has 0 spiro atoms. The molecule has 2 unspecified atom stereocenters. The molecule has 2 atom stereocenters. The number of carbonyl (C=O) groups excluding carboxylic acids is 1. The lowest BCUT2D eigenvalue weighted by Gasteiger charge is -2.24. The lowest BCUT2D eigenvalue weighted by atomic mass is 9.93. The van der Waals surface area contributed by atoms with E-state index in [-0.39, 0.29) is 5.91 Å². The van der Waals surface area contributed by atoms with E-state index in [1.54, 1.807) is 6.33 Å². The number of nitrogens with one attached hydrogen (secondary N) is 1. The van der Waals surface area contributed by atoms with Gasteiger partial charge in [-0.25, -0.2) is 4.98 Å². The second-order valence-electron chi connectivity index (χ2n) is 6.83. The number of imidazole rings is 1. The van der Waals surface area contributed by atoms with Gasteiger partial charge < -0.3 is 10.1 Å². The van der Waals surface area contributed by atoms with Crippen LogP contribution in [0.1, 0.15) is 64.6 Å². The Morgan fingerprint density at radius 2 is 2.24 bits per heavy atom. The standard InChI is InChI=1S/C20H23N3O2/c1-3-6-13-14-7-4-5-8-16(14)23-17(13)10-9-15(20(23)25)19(24)18-12(2)21-11-22-18/h5,8-11,15,19,24H,3-4,6-7H2,1-2H3,(H,21,22). The number of nitrogens with zero attached hydrogens (tertiary/aromatic N) is 2. The first-order chi connectivity index (χ1) is 12.1. The zero-order valence-electron chi connectivity index (χ0n) is 14.6. The van der Waals surface area contributed by atoms with Crippen LogP contribution in [-0.2, 0) is 12.8 Å². The molecule has 2 aromatic rings. The molecular formula is C20H23N3O2. The van der Waals surface area contributed by atoms with Crippen molar-refractivity contribution in [2.24, 2.45) is 5.92 Å². The van der Waals surface area contributed by atoms with Gasteiger partial charge in [-0.2, -0.15) is 0 Å². The van der Waals surface area contributed by atoms with Crippen LogP contribution < -0.4 is 0 Å². The highest BCUT2D eigenvalue weighted by atomic mass is 16.3. The van der Waals surface area contributed by atoms with Gasteiger partial charge in [0.1, 0.15) is 6.10 Å². The van der Waals surface area contributed by atoms with Crippen molar-refractivity contribution < 1.29 is 9.90 Å². The molecule has 0 aromatic carbocycles. The van der Waals surface area contributed by atoms with Crippen LogP contribution in [0.15, 0.2) is 18.5 Å². The van der Waals surface area contributed by atoms with Crippen LogP contribution in [0.4, 0.5) is 0 Å². The Morgan fingerprint density at radius 1 is 1.40 bits per heavy atom. The molecule has 2 aromatic heterocycles. The van der Waals surface area contributed by atoms with Gasteiger partial charge in [0.05, 0.1) is 29.3 Å². The summed E-state index contributed by atoms with van der Waals surface area (Å²) >= 11 is 0. The maximum Gasteiger partial charge on any atom is 0.241 e. The second kappa shape index (κ2) is 6.15. The molecule has 3 heterocycles. The van der Waals surface area contributed by atoms with Crippen LogP contribution in [0.25, 0.3) is 12.2 Å². The van der Waals surface area contributed by atoms with Crippen LogP contribution in [0.2, 0.25) is 0 Å². The van der Waals surface area contributed by atoms with Crippen molar-refractivity contribution in [1.82, 2.24) is 14.5 Å². The molecule has 0 radical (unpaired) electrons. The molecule has 0 bridgehead atoms. The van der Waals surface area contributed by atoms with Crippen LogP contribution in [0.3, 0.4) is 0 Å². The van der Waals surface area contributed by atoms with E-state index in [0.717, 1.165) is 42.8 Å². The summed E-state index contributed by atoms with van der Waals surface area (Å²) in [5, 5.41) is 10.7. The first kappa shape index (κ1) is 16.1. The number of hydrogen-bond donors (Lipinski definition) is 2. The molecule has 2 N–H and O–H groups in total. The predicted molar refractivity (Wildman–Crippen MR) is 97.2 cm³/mol. The van der Waals surface area contributed by atoms with E-state index in [4.69, 9.17) is 0 Å². The third-order valence-electron chi connectivity index (χ3n) is 5.26. The number of aromatic nitrogens is 3. The van der Waals surface area contributed by atoms with Crippen molar-refractivity contribution in [1.29, 1.82) is 0 Å². The smallest absolute Gasteiger partial charge is 0.241 e. The van der Waals surface area contributed by atoms with Gasteiger partial charge >= 0.3 is 0 Å². The number of fused-ring (bicyclic) bond motifs is 3. The normalized spacial score (nSPS) is 19.8. The second-order valence-corrected chi connectivity index (χ2v) is 6.83. The van der Waals surface area contributed by atoms with Crippen molar-refractivity contribution >= 4 is 18.1 Å². The number of rotatable bonds is 4. The number of H-pyrrole nitrogens is 1. The van der Waals surface area contributed by atoms with Gasteiger partial charge in [-0.05, 0) is 49.5 Å². The number of aliphatic hydroxyl groups excluding tert-OH is 1. The lowest BCUT2D eigenvalue weighted by molar-refractivity contribution is 0.0664. The molecule has 0 fully saturated rings. The minimum Gasteiger partial charge on any atom is -0.386 e. The summed E-state index contributed by atoms with van der Waals surface area (Å²) in [4.78, 5) is 20.4. The monoisotopic (exact) mass is 337 g/mol. The molecule has 2 aliphatic rings. The fourth-order valence-corrected chi connectivity index (χ4v) is 4.03. The van der Waals surface area contributed by atoms with Gasteiger partial charge in [0.15, 0.2) is 0 Å². The van der Waals surface area contributed by atoms with Crippen LogP contribution in [0, 0.1) is 12.8 Å². The average molecular weight is 337 g/mol. The molecule has 5 nitrogen and oxygen atoms in total. The van der Waals surface area contributed by atoms with Crippen molar-refractivity contribution in [3.8, 4) is 0 Å². The molecule has 25 heavy (non-hydrogen) atoms.